The third-order valence-corrected chi connectivity index (χ3v) is 2.32. The standard InChI is InChI=1S/C13H15NO5/c1-3-4-5-8-19-13(15)10-6-7-12(18-2)11(9-10)14(16)17/h4-7,9H,3,8H2,1-2H3/b5-4+. The van der Waals surface area contributed by atoms with Gasteiger partial charge in [-0.3, -0.25) is 10.1 Å². The van der Waals surface area contributed by atoms with Gasteiger partial charge < -0.3 is 9.47 Å². The van der Waals surface area contributed by atoms with E-state index >= 15 is 0 Å². The number of carbonyl (C=O) groups is 1. The zero-order valence-corrected chi connectivity index (χ0v) is 10.8. The minimum absolute atomic E-state index is 0.104. The Kier molecular flexibility index (Phi) is 5.53. The smallest absolute Gasteiger partial charge is 0.338 e. The van der Waals surface area contributed by atoms with Gasteiger partial charge in [-0.15, -0.1) is 0 Å². The van der Waals surface area contributed by atoms with Crippen molar-refractivity contribution < 1.29 is 19.2 Å². The Morgan fingerprint density at radius 3 is 2.74 bits per heavy atom. The van der Waals surface area contributed by atoms with Crippen LogP contribution in [-0.4, -0.2) is 24.6 Å². The van der Waals surface area contributed by atoms with E-state index in [4.69, 9.17) is 9.47 Å². The lowest BCUT2D eigenvalue weighted by molar-refractivity contribution is -0.385. The lowest BCUT2D eigenvalue weighted by Gasteiger charge is -2.04. The molecule has 0 aromatic heterocycles. The number of nitrogens with zero attached hydrogens (tertiary/aromatic N) is 1. The van der Waals surface area contributed by atoms with E-state index in [2.05, 4.69) is 0 Å². The summed E-state index contributed by atoms with van der Waals surface area (Å²) in [6, 6.07) is 3.94. The van der Waals surface area contributed by atoms with Crippen molar-refractivity contribution in [3.63, 3.8) is 0 Å². The van der Waals surface area contributed by atoms with Crippen LogP contribution in [0.15, 0.2) is 30.4 Å². The van der Waals surface area contributed by atoms with Gasteiger partial charge in [0, 0.05) is 6.07 Å². The van der Waals surface area contributed by atoms with Crippen LogP contribution in [0.3, 0.4) is 0 Å². The number of nitro groups is 1. The molecule has 0 amide bonds. The Balaban J connectivity index is 2.83. The van der Waals surface area contributed by atoms with Crippen LogP contribution in [0.25, 0.3) is 0 Å². The van der Waals surface area contributed by atoms with Crippen LogP contribution in [0, 0.1) is 10.1 Å². The first-order valence-corrected chi connectivity index (χ1v) is 5.74. The van der Waals surface area contributed by atoms with Gasteiger partial charge in [0.25, 0.3) is 0 Å². The highest BCUT2D eigenvalue weighted by Crippen LogP contribution is 2.27. The predicted octanol–water partition coefficient (Wildman–Crippen LogP) is 2.73. The van der Waals surface area contributed by atoms with Crippen molar-refractivity contribution in [1.82, 2.24) is 0 Å². The Hall–Kier alpha value is -2.37. The molecular formula is C13H15NO5. The number of ether oxygens (including phenoxy) is 2. The molecule has 1 rings (SSSR count). The lowest BCUT2D eigenvalue weighted by Crippen LogP contribution is -2.06. The van der Waals surface area contributed by atoms with Crippen LogP contribution < -0.4 is 4.74 Å². The Morgan fingerprint density at radius 1 is 1.42 bits per heavy atom. The monoisotopic (exact) mass is 265 g/mol. The fraction of sp³-hybridized carbons (Fsp3) is 0.308. The van der Waals surface area contributed by atoms with E-state index in [9.17, 15) is 14.9 Å². The summed E-state index contributed by atoms with van der Waals surface area (Å²) in [5, 5.41) is 10.8. The number of methoxy groups -OCH3 is 1. The number of nitro benzene ring substituents is 1. The van der Waals surface area contributed by atoms with E-state index in [1.807, 2.05) is 13.0 Å². The number of carbonyl (C=O) groups excluding carboxylic acids is 1. The van der Waals surface area contributed by atoms with Crippen molar-refractivity contribution in [2.75, 3.05) is 13.7 Å². The molecule has 0 N–H and O–H groups in total. The zero-order chi connectivity index (χ0) is 14.3. The van der Waals surface area contributed by atoms with Gasteiger partial charge in [0.2, 0.25) is 0 Å². The van der Waals surface area contributed by atoms with Crippen LogP contribution >= 0.6 is 0 Å². The molecule has 0 unspecified atom stereocenters. The third kappa shape index (κ3) is 4.09. The van der Waals surface area contributed by atoms with E-state index in [1.165, 1.54) is 19.2 Å². The first-order valence-electron chi connectivity index (χ1n) is 5.74. The summed E-state index contributed by atoms with van der Waals surface area (Å²) in [6.07, 6.45) is 4.44. The summed E-state index contributed by atoms with van der Waals surface area (Å²) < 4.78 is 9.80. The van der Waals surface area contributed by atoms with Gasteiger partial charge >= 0.3 is 11.7 Å². The average Bonchev–Trinajstić information content (AvgIpc) is 2.42. The molecule has 1 aromatic carbocycles. The van der Waals surface area contributed by atoms with Crippen LogP contribution in [0.5, 0.6) is 5.75 Å². The number of esters is 1. The summed E-state index contributed by atoms with van der Waals surface area (Å²) in [4.78, 5) is 21.9. The molecule has 0 spiro atoms. The molecule has 0 saturated carbocycles. The summed E-state index contributed by atoms with van der Waals surface area (Å²) in [7, 11) is 1.33. The molecule has 0 aliphatic carbocycles. The highest BCUT2D eigenvalue weighted by Gasteiger charge is 2.18. The molecule has 0 saturated heterocycles. The molecular weight excluding hydrogens is 250 g/mol. The molecule has 0 aliphatic heterocycles. The molecule has 19 heavy (non-hydrogen) atoms. The summed E-state index contributed by atoms with van der Waals surface area (Å²) in [5.41, 5.74) is -0.140. The molecule has 102 valence electrons. The molecule has 0 bridgehead atoms. The highest BCUT2D eigenvalue weighted by atomic mass is 16.6. The van der Waals surface area contributed by atoms with Gasteiger partial charge in [-0.25, -0.2) is 4.79 Å². The molecule has 1 aromatic rings. The van der Waals surface area contributed by atoms with Gasteiger partial charge in [-0.2, -0.15) is 0 Å². The number of benzene rings is 1. The zero-order valence-electron chi connectivity index (χ0n) is 10.8. The fourth-order valence-electron chi connectivity index (χ4n) is 1.40. The van der Waals surface area contributed by atoms with Crippen molar-refractivity contribution in [3.8, 4) is 5.75 Å². The first-order chi connectivity index (χ1) is 9.10. The molecule has 0 aliphatic rings. The number of allylic oxidation sites excluding steroid dienone is 1. The van der Waals surface area contributed by atoms with Gasteiger partial charge in [-0.1, -0.05) is 19.1 Å². The van der Waals surface area contributed by atoms with E-state index in [0.717, 1.165) is 12.5 Å². The molecule has 6 heteroatoms. The largest absolute Gasteiger partial charge is 0.490 e. The summed E-state index contributed by atoms with van der Waals surface area (Å²) in [5.74, 6) is -0.501. The third-order valence-electron chi connectivity index (χ3n) is 2.32. The Labute approximate surface area is 110 Å². The van der Waals surface area contributed by atoms with Crippen molar-refractivity contribution in [3.05, 3.63) is 46.0 Å². The maximum absolute atomic E-state index is 11.7. The predicted molar refractivity (Wildman–Crippen MR) is 69.4 cm³/mol. The van der Waals surface area contributed by atoms with Gasteiger partial charge in [0.15, 0.2) is 5.75 Å². The molecule has 0 heterocycles. The highest BCUT2D eigenvalue weighted by molar-refractivity contribution is 5.90. The van der Waals surface area contributed by atoms with Crippen LogP contribution in [0.2, 0.25) is 0 Å². The SMILES string of the molecule is CC/C=C/COC(=O)c1ccc(OC)c([N+](=O)[O-])c1. The van der Waals surface area contributed by atoms with E-state index in [0.29, 0.717) is 0 Å². The second-order valence-corrected chi connectivity index (χ2v) is 3.62. The topological polar surface area (TPSA) is 78.7 Å². The van der Waals surface area contributed by atoms with E-state index in [1.54, 1.807) is 6.08 Å². The average molecular weight is 265 g/mol. The molecule has 0 atom stereocenters. The van der Waals surface area contributed by atoms with Gasteiger partial charge in [0.05, 0.1) is 17.6 Å². The summed E-state index contributed by atoms with van der Waals surface area (Å²) in [6.45, 7) is 2.11. The lowest BCUT2D eigenvalue weighted by atomic mass is 10.2. The van der Waals surface area contributed by atoms with E-state index in [-0.39, 0.29) is 23.6 Å². The minimum Gasteiger partial charge on any atom is -0.490 e. The van der Waals surface area contributed by atoms with Crippen LogP contribution in [0.4, 0.5) is 5.69 Å². The van der Waals surface area contributed by atoms with Crippen molar-refractivity contribution >= 4 is 11.7 Å². The first kappa shape index (κ1) is 14.7. The molecule has 0 fully saturated rings. The fourth-order valence-corrected chi connectivity index (χ4v) is 1.40. The van der Waals surface area contributed by atoms with E-state index < -0.39 is 10.9 Å². The number of hydrogen-bond donors (Lipinski definition) is 0. The summed E-state index contributed by atoms with van der Waals surface area (Å²) >= 11 is 0. The van der Waals surface area contributed by atoms with Crippen molar-refractivity contribution in [2.24, 2.45) is 0 Å². The normalized spacial score (nSPS) is 10.4. The second kappa shape index (κ2) is 7.15. The van der Waals surface area contributed by atoms with Gasteiger partial charge in [-0.05, 0) is 18.6 Å². The Morgan fingerprint density at radius 2 is 2.16 bits per heavy atom. The Bertz CT molecular complexity index is 496. The van der Waals surface area contributed by atoms with Gasteiger partial charge in [0.1, 0.15) is 6.61 Å². The van der Waals surface area contributed by atoms with Crippen LogP contribution in [0.1, 0.15) is 23.7 Å². The molecule has 0 radical (unpaired) electrons. The van der Waals surface area contributed by atoms with Crippen LogP contribution in [-0.2, 0) is 4.74 Å². The van der Waals surface area contributed by atoms with Crippen molar-refractivity contribution in [2.45, 2.75) is 13.3 Å². The van der Waals surface area contributed by atoms with Crippen molar-refractivity contribution in [1.29, 1.82) is 0 Å². The maximum Gasteiger partial charge on any atom is 0.338 e. The number of rotatable bonds is 6. The number of hydrogen-bond acceptors (Lipinski definition) is 5. The quantitative estimate of drug-likeness (QED) is 0.342. The minimum atomic E-state index is -0.605. The maximum atomic E-state index is 11.7. The second-order valence-electron chi connectivity index (χ2n) is 3.62. The molecule has 6 nitrogen and oxygen atoms in total.